The van der Waals surface area contributed by atoms with Gasteiger partial charge in [0.25, 0.3) is 0 Å². The molecule has 1 heterocycles. The topological polar surface area (TPSA) is 66.0 Å². The summed E-state index contributed by atoms with van der Waals surface area (Å²) < 4.78 is 7.15. The number of nitrogens with two attached hydrogens (primary N) is 1. The minimum absolute atomic E-state index is 0.599. The number of ether oxygens (including phenoxy) is 1. The van der Waals surface area contributed by atoms with Crippen LogP contribution in [0.4, 0.5) is 5.69 Å². The Labute approximate surface area is 104 Å². The smallest absolute Gasteiger partial charge is 0.190 e. The number of aromatic nitrogens is 3. The molecule has 17 heavy (non-hydrogen) atoms. The standard InChI is InChI=1S/C11H14N4OS/c1-3-16-8-5-4-6-9(10(8)12)17-11-13-7-14-15(11)2/h4-7H,3,12H2,1-2H3. The Bertz CT molecular complexity index is 512. The van der Waals surface area contributed by atoms with Gasteiger partial charge in [-0.1, -0.05) is 6.07 Å². The van der Waals surface area contributed by atoms with Crippen molar-refractivity contribution in [3.8, 4) is 5.75 Å². The predicted octanol–water partition coefficient (Wildman–Crippen LogP) is 1.95. The van der Waals surface area contributed by atoms with Gasteiger partial charge in [0.2, 0.25) is 0 Å². The zero-order valence-corrected chi connectivity index (χ0v) is 10.6. The normalized spacial score (nSPS) is 10.5. The first kappa shape index (κ1) is 11.8. The molecule has 2 rings (SSSR count). The first-order valence-electron chi connectivity index (χ1n) is 5.25. The van der Waals surface area contributed by atoms with Gasteiger partial charge in [0, 0.05) is 11.9 Å². The number of hydrogen-bond acceptors (Lipinski definition) is 5. The van der Waals surface area contributed by atoms with Crippen LogP contribution in [-0.4, -0.2) is 21.4 Å². The second-order valence-electron chi connectivity index (χ2n) is 3.37. The Balaban J connectivity index is 2.27. The van der Waals surface area contributed by atoms with Gasteiger partial charge in [-0.3, -0.25) is 0 Å². The van der Waals surface area contributed by atoms with Crippen LogP contribution in [0.25, 0.3) is 0 Å². The van der Waals surface area contributed by atoms with Gasteiger partial charge in [-0.05, 0) is 30.8 Å². The Hall–Kier alpha value is -1.69. The second kappa shape index (κ2) is 5.09. The van der Waals surface area contributed by atoms with Crippen molar-refractivity contribution in [1.29, 1.82) is 0 Å². The van der Waals surface area contributed by atoms with Gasteiger partial charge in [0.05, 0.1) is 12.3 Å². The van der Waals surface area contributed by atoms with Gasteiger partial charge >= 0.3 is 0 Å². The van der Waals surface area contributed by atoms with Crippen molar-refractivity contribution < 1.29 is 4.74 Å². The molecule has 2 N–H and O–H groups in total. The van der Waals surface area contributed by atoms with Gasteiger partial charge < -0.3 is 10.5 Å². The van der Waals surface area contributed by atoms with Crippen molar-refractivity contribution >= 4 is 17.4 Å². The van der Waals surface area contributed by atoms with E-state index in [1.165, 1.54) is 18.1 Å². The molecule has 0 atom stereocenters. The molecule has 5 nitrogen and oxygen atoms in total. The van der Waals surface area contributed by atoms with Gasteiger partial charge in [-0.2, -0.15) is 5.10 Å². The zero-order valence-electron chi connectivity index (χ0n) is 9.75. The number of benzene rings is 1. The molecule has 1 aromatic heterocycles. The molecule has 2 aromatic rings. The van der Waals surface area contributed by atoms with Gasteiger partial charge in [-0.15, -0.1) is 0 Å². The molecular weight excluding hydrogens is 236 g/mol. The minimum atomic E-state index is 0.599. The molecule has 1 aromatic carbocycles. The Kier molecular flexibility index (Phi) is 3.53. The quantitative estimate of drug-likeness (QED) is 0.840. The molecule has 0 bridgehead atoms. The second-order valence-corrected chi connectivity index (χ2v) is 4.38. The van der Waals surface area contributed by atoms with Crippen molar-refractivity contribution in [3.63, 3.8) is 0 Å². The van der Waals surface area contributed by atoms with Crippen molar-refractivity contribution in [3.05, 3.63) is 24.5 Å². The van der Waals surface area contributed by atoms with Crippen molar-refractivity contribution in [2.75, 3.05) is 12.3 Å². The molecule has 0 aliphatic carbocycles. The molecule has 0 saturated heterocycles. The van der Waals surface area contributed by atoms with E-state index in [0.29, 0.717) is 18.0 Å². The highest BCUT2D eigenvalue weighted by Crippen LogP contribution is 2.35. The summed E-state index contributed by atoms with van der Waals surface area (Å²) >= 11 is 1.47. The van der Waals surface area contributed by atoms with E-state index >= 15 is 0 Å². The van der Waals surface area contributed by atoms with Gasteiger partial charge in [0.15, 0.2) is 5.16 Å². The van der Waals surface area contributed by atoms with Crippen molar-refractivity contribution in [2.45, 2.75) is 17.0 Å². The van der Waals surface area contributed by atoms with Crippen LogP contribution >= 0.6 is 11.8 Å². The summed E-state index contributed by atoms with van der Waals surface area (Å²) in [5.41, 5.74) is 6.67. The lowest BCUT2D eigenvalue weighted by Gasteiger charge is -2.10. The number of anilines is 1. The molecule has 0 fully saturated rings. The third-order valence-corrected chi connectivity index (χ3v) is 3.33. The van der Waals surface area contributed by atoms with Gasteiger partial charge in [0.1, 0.15) is 12.1 Å². The van der Waals surface area contributed by atoms with E-state index in [4.69, 9.17) is 10.5 Å². The molecule has 0 saturated carbocycles. The number of nitrogens with zero attached hydrogens (tertiary/aromatic N) is 3. The molecule has 90 valence electrons. The van der Waals surface area contributed by atoms with Crippen molar-refractivity contribution in [1.82, 2.24) is 14.8 Å². The van der Waals surface area contributed by atoms with E-state index in [9.17, 15) is 0 Å². The van der Waals surface area contributed by atoms with Crippen LogP contribution in [-0.2, 0) is 7.05 Å². The van der Waals surface area contributed by atoms with Crippen LogP contribution < -0.4 is 10.5 Å². The summed E-state index contributed by atoms with van der Waals surface area (Å²) in [6, 6.07) is 5.72. The molecule has 0 aliphatic heterocycles. The highest BCUT2D eigenvalue weighted by molar-refractivity contribution is 7.99. The van der Waals surface area contributed by atoms with Crippen LogP contribution in [0.15, 0.2) is 34.6 Å². The zero-order chi connectivity index (χ0) is 12.3. The van der Waals surface area contributed by atoms with Crippen LogP contribution in [0.3, 0.4) is 0 Å². The van der Waals surface area contributed by atoms with Crippen LogP contribution in [0.5, 0.6) is 5.75 Å². The lowest BCUT2D eigenvalue weighted by molar-refractivity contribution is 0.341. The summed E-state index contributed by atoms with van der Waals surface area (Å²) in [6.45, 7) is 2.53. The summed E-state index contributed by atoms with van der Waals surface area (Å²) in [7, 11) is 1.85. The Morgan fingerprint density at radius 2 is 2.29 bits per heavy atom. The van der Waals surface area contributed by atoms with Crippen LogP contribution in [0.1, 0.15) is 6.92 Å². The molecule has 6 heteroatoms. The third-order valence-electron chi connectivity index (χ3n) is 2.20. The highest BCUT2D eigenvalue weighted by Gasteiger charge is 2.10. The molecule has 0 radical (unpaired) electrons. The van der Waals surface area contributed by atoms with Crippen LogP contribution in [0, 0.1) is 0 Å². The molecule has 0 amide bonds. The summed E-state index contributed by atoms with van der Waals surface area (Å²) in [5, 5.41) is 4.81. The maximum absolute atomic E-state index is 6.03. The summed E-state index contributed by atoms with van der Waals surface area (Å²) in [6.07, 6.45) is 1.52. The maximum Gasteiger partial charge on any atom is 0.190 e. The minimum Gasteiger partial charge on any atom is -0.492 e. The monoisotopic (exact) mass is 250 g/mol. The number of nitrogen functional groups attached to an aromatic ring is 1. The maximum atomic E-state index is 6.03. The van der Waals surface area contributed by atoms with E-state index in [1.54, 1.807) is 4.68 Å². The van der Waals surface area contributed by atoms with E-state index < -0.39 is 0 Å². The fourth-order valence-electron chi connectivity index (χ4n) is 1.37. The van der Waals surface area contributed by atoms with Crippen LogP contribution in [0.2, 0.25) is 0 Å². The lowest BCUT2D eigenvalue weighted by atomic mass is 10.3. The molecule has 0 unspecified atom stereocenters. The van der Waals surface area contributed by atoms with E-state index in [1.807, 2.05) is 32.2 Å². The number of aryl methyl sites for hydroxylation is 1. The fraction of sp³-hybridized carbons (Fsp3) is 0.273. The van der Waals surface area contributed by atoms with E-state index in [0.717, 1.165) is 10.1 Å². The molecule has 0 aliphatic rings. The highest BCUT2D eigenvalue weighted by atomic mass is 32.2. The first-order valence-corrected chi connectivity index (χ1v) is 6.07. The largest absolute Gasteiger partial charge is 0.492 e. The number of para-hydroxylation sites is 1. The third kappa shape index (κ3) is 2.52. The average Bonchev–Trinajstić information content (AvgIpc) is 2.70. The first-order chi connectivity index (χ1) is 8.22. The van der Waals surface area contributed by atoms with Gasteiger partial charge in [-0.25, -0.2) is 9.67 Å². The Morgan fingerprint density at radius 3 is 2.94 bits per heavy atom. The number of rotatable bonds is 4. The average molecular weight is 250 g/mol. The van der Waals surface area contributed by atoms with E-state index in [2.05, 4.69) is 10.1 Å². The van der Waals surface area contributed by atoms with Crippen molar-refractivity contribution in [2.24, 2.45) is 7.05 Å². The lowest BCUT2D eigenvalue weighted by Crippen LogP contribution is -1.99. The SMILES string of the molecule is CCOc1cccc(Sc2ncnn2C)c1N. The summed E-state index contributed by atoms with van der Waals surface area (Å²) in [5.74, 6) is 0.708. The van der Waals surface area contributed by atoms with E-state index in [-0.39, 0.29) is 0 Å². The fourth-order valence-corrected chi connectivity index (χ4v) is 2.20. The molecular formula is C11H14N4OS. The molecule has 0 spiro atoms. The number of hydrogen-bond donors (Lipinski definition) is 1. The Morgan fingerprint density at radius 1 is 1.47 bits per heavy atom. The summed E-state index contributed by atoms with van der Waals surface area (Å²) in [4.78, 5) is 5.07. The predicted molar refractivity (Wildman–Crippen MR) is 67.1 cm³/mol.